The molecule has 3 aromatic rings. The van der Waals surface area contributed by atoms with E-state index in [0.29, 0.717) is 11.3 Å². The molecule has 1 aliphatic rings. The summed E-state index contributed by atoms with van der Waals surface area (Å²) in [6.45, 7) is 0. The van der Waals surface area contributed by atoms with Gasteiger partial charge in [-0.3, -0.25) is 4.79 Å². The molecule has 3 heteroatoms. The summed E-state index contributed by atoms with van der Waals surface area (Å²) in [4.78, 5) is 12.4. The topological polar surface area (TPSA) is 46.5 Å². The zero-order valence-electron chi connectivity index (χ0n) is 11.6. The summed E-state index contributed by atoms with van der Waals surface area (Å²) in [5.41, 5.74) is 1.41. The maximum atomic E-state index is 12.4. The Kier molecular flexibility index (Phi) is 2.73. The molecule has 106 valence electrons. The molecule has 4 rings (SSSR count). The number of rotatable bonds is 1. The molecule has 22 heavy (non-hydrogen) atoms. The highest BCUT2D eigenvalue weighted by atomic mass is 16.5. The number of carbonyl (C=O) groups is 1. The lowest BCUT2D eigenvalue weighted by Gasteiger charge is -2.03. The first-order chi connectivity index (χ1) is 10.7. The third-order valence-corrected chi connectivity index (χ3v) is 3.76. The zero-order valence-corrected chi connectivity index (χ0v) is 11.6. The van der Waals surface area contributed by atoms with Crippen molar-refractivity contribution in [2.45, 2.75) is 0 Å². The highest BCUT2D eigenvalue weighted by molar-refractivity contribution is 6.15. The number of phenolic OH excluding ortho intramolecular Hbond substituents is 1. The van der Waals surface area contributed by atoms with Gasteiger partial charge in [-0.1, -0.05) is 42.5 Å². The van der Waals surface area contributed by atoms with Crippen LogP contribution in [-0.4, -0.2) is 10.9 Å². The SMILES string of the molecule is O=C1C(=Cc2cccc3ccccc23)Oc2cc(O)ccc21. The average molecular weight is 288 g/mol. The highest BCUT2D eigenvalue weighted by Gasteiger charge is 2.27. The van der Waals surface area contributed by atoms with E-state index in [1.165, 1.54) is 12.1 Å². The second kappa shape index (κ2) is 4.74. The summed E-state index contributed by atoms with van der Waals surface area (Å²) in [7, 11) is 0. The normalized spacial score (nSPS) is 15.1. The summed E-state index contributed by atoms with van der Waals surface area (Å²) in [6.07, 6.45) is 1.75. The number of fused-ring (bicyclic) bond motifs is 2. The molecular formula is C19H12O3. The van der Waals surface area contributed by atoms with Gasteiger partial charge in [0.2, 0.25) is 5.78 Å². The van der Waals surface area contributed by atoms with Gasteiger partial charge in [0.25, 0.3) is 0 Å². The van der Waals surface area contributed by atoms with Crippen molar-refractivity contribution >= 4 is 22.6 Å². The molecule has 0 radical (unpaired) electrons. The second-order valence-electron chi connectivity index (χ2n) is 5.19. The van der Waals surface area contributed by atoms with Crippen molar-refractivity contribution in [3.63, 3.8) is 0 Å². The molecule has 1 N–H and O–H groups in total. The second-order valence-corrected chi connectivity index (χ2v) is 5.19. The Labute approximate surface area is 127 Å². The van der Waals surface area contributed by atoms with Crippen LogP contribution in [-0.2, 0) is 0 Å². The van der Waals surface area contributed by atoms with Gasteiger partial charge in [-0.05, 0) is 34.5 Å². The Balaban J connectivity index is 1.82. The van der Waals surface area contributed by atoms with Crippen LogP contribution in [0, 0.1) is 0 Å². The van der Waals surface area contributed by atoms with E-state index in [0.717, 1.165) is 16.3 Å². The number of Topliss-reactive ketones (excluding diaryl/α,β-unsaturated/α-hetero) is 1. The summed E-state index contributed by atoms with van der Waals surface area (Å²) < 4.78 is 5.60. The van der Waals surface area contributed by atoms with E-state index in [1.54, 1.807) is 12.1 Å². The number of ketones is 1. The minimum absolute atomic E-state index is 0.0814. The molecule has 0 bridgehead atoms. The van der Waals surface area contributed by atoms with Crippen molar-refractivity contribution < 1.29 is 14.6 Å². The number of hydrogen-bond donors (Lipinski definition) is 1. The van der Waals surface area contributed by atoms with Gasteiger partial charge in [-0.2, -0.15) is 0 Å². The third kappa shape index (κ3) is 1.95. The molecule has 3 nitrogen and oxygen atoms in total. The van der Waals surface area contributed by atoms with Gasteiger partial charge in [0.05, 0.1) is 5.56 Å². The minimum Gasteiger partial charge on any atom is -0.508 e. The monoisotopic (exact) mass is 288 g/mol. The van der Waals surface area contributed by atoms with Gasteiger partial charge in [0.15, 0.2) is 5.76 Å². The number of allylic oxidation sites excluding steroid dienone is 1. The Morgan fingerprint density at radius 3 is 2.68 bits per heavy atom. The molecule has 0 aromatic heterocycles. The van der Waals surface area contributed by atoms with Crippen LogP contribution in [0.1, 0.15) is 15.9 Å². The van der Waals surface area contributed by atoms with E-state index < -0.39 is 0 Å². The lowest BCUT2D eigenvalue weighted by Crippen LogP contribution is -1.98. The Morgan fingerprint density at radius 1 is 0.955 bits per heavy atom. The van der Waals surface area contributed by atoms with Crippen LogP contribution < -0.4 is 4.74 Å². The van der Waals surface area contributed by atoms with Crippen molar-refractivity contribution in [2.75, 3.05) is 0 Å². The molecule has 0 fully saturated rings. The van der Waals surface area contributed by atoms with Gasteiger partial charge < -0.3 is 9.84 Å². The average Bonchev–Trinajstić information content (AvgIpc) is 2.83. The fourth-order valence-corrected chi connectivity index (χ4v) is 2.69. The maximum absolute atomic E-state index is 12.4. The van der Waals surface area contributed by atoms with Crippen molar-refractivity contribution in [2.24, 2.45) is 0 Å². The van der Waals surface area contributed by atoms with Crippen LogP contribution in [0.3, 0.4) is 0 Å². The van der Waals surface area contributed by atoms with Crippen LogP contribution >= 0.6 is 0 Å². The number of aromatic hydroxyl groups is 1. The van der Waals surface area contributed by atoms with Crippen molar-refractivity contribution in [1.82, 2.24) is 0 Å². The maximum Gasteiger partial charge on any atom is 0.231 e. The van der Waals surface area contributed by atoms with E-state index in [-0.39, 0.29) is 17.3 Å². The van der Waals surface area contributed by atoms with E-state index in [9.17, 15) is 9.90 Å². The van der Waals surface area contributed by atoms with Crippen LogP contribution in [0.5, 0.6) is 11.5 Å². The fourth-order valence-electron chi connectivity index (χ4n) is 2.69. The van der Waals surface area contributed by atoms with E-state index in [2.05, 4.69) is 0 Å². The Morgan fingerprint density at radius 2 is 1.77 bits per heavy atom. The largest absolute Gasteiger partial charge is 0.508 e. The van der Waals surface area contributed by atoms with Gasteiger partial charge in [-0.15, -0.1) is 0 Å². The molecule has 0 saturated carbocycles. The molecule has 0 atom stereocenters. The van der Waals surface area contributed by atoms with Crippen LogP contribution in [0.2, 0.25) is 0 Å². The standard InChI is InChI=1S/C19H12O3/c20-14-8-9-16-17(11-14)22-18(19(16)21)10-13-6-3-5-12-4-1-2-7-15(12)13/h1-11,20H. The van der Waals surface area contributed by atoms with Crippen molar-refractivity contribution in [3.8, 4) is 11.5 Å². The molecule has 0 spiro atoms. The first-order valence-electron chi connectivity index (χ1n) is 6.97. The van der Waals surface area contributed by atoms with Crippen molar-refractivity contribution in [1.29, 1.82) is 0 Å². The van der Waals surface area contributed by atoms with E-state index in [1.807, 2.05) is 42.5 Å². The first kappa shape index (κ1) is 12.7. The molecular weight excluding hydrogens is 276 g/mol. The molecule has 1 aliphatic heterocycles. The number of carbonyl (C=O) groups excluding carboxylic acids is 1. The predicted octanol–water partition coefficient (Wildman–Crippen LogP) is 4.16. The van der Waals surface area contributed by atoms with Crippen LogP contribution in [0.15, 0.2) is 66.4 Å². The molecule has 1 heterocycles. The van der Waals surface area contributed by atoms with Crippen molar-refractivity contribution in [3.05, 3.63) is 77.5 Å². The third-order valence-electron chi connectivity index (χ3n) is 3.76. The minimum atomic E-state index is -0.164. The van der Waals surface area contributed by atoms with Crippen LogP contribution in [0.25, 0.3) is 16.8 Å². The van der Waals surface area contributed by atoms with E-state index >= 15 is 0 Å². The summed E-state index contributed by atoms with van der Waals surface area (Å²) >= 11 is 0. The van der Waals surface area contributed by atoms with E-state index in [4.69, 9.17) is 4.74 Å². The summed E-state index contributed by atoms with van der Waals surface area (Å²) in [5, 5.41) is 11.7. The zero-order chi connectivity index (χ0) is 15.1. The quantitative estimate of drug-likeness (QED) is 0.684. The van der Waals surface area contributed by atoms with Gasteiger partial charge in [0, 0.05) is 6.07 Å². The molecule has 0 saturated heterocycles. The Hall–Kier alpha value is -3.07. The van der Waals surface area contributed by atoms with Gasteiger partial charge in [-0.25, -0.2) is 0 Å². The number of hydrogen-bond acceptors (Lipinski definition) is 3. The number of phenols is 1. The lowest BCUT2D eigenvalue weighted by molar-refractivity contribution is 0.101. The summed E-state index contributed by atoms with van der Waals surface area (Å²) in [5.74, 6) is 0.592. The molecule has 0 unspecified atom stereocenters. The first-order valence-corrected chi connectivity index (χ1v) is 6.97. The molecule has 3 aromatic carbocycles. The summed E-state index contributed by atoms with van der Waals surface area (Å²) in [6, 6.07) is 18.4. The molecule has 0 aliphatic carbocycles. The smallest absolute Gasteiger partial charge is 0.231 e. The van der Waals surface area contributed by atoms with Gasteiger partial charge >= 0.3 is 0 Å². The van der Waals surface area contributed by atoms with Crippen LogP contribution in [0.4, 0.5) is 0 Å². The number of ether oxygens (including phenoxy) is 1. The lowest BCUT2D eigenvalue weighted by atomic mass is 10.0. The number of benzene rings is 3. The predicted molar refractivity (Wildman–Crippen MR) is 85.0 cm³/mol. The molecule has 0 amide bonds. The van der Waals surface area contributed by atoms with Gasteiger partial charge in [0.1, 0.15) is 11.5 Å². The highest BCUT2D eigenvalue weighted by Crippen LogP contribution is 2.35. The fraction of sp³-hybridized carbons (Fsp3) is 0. The Bertz CT molecular complexity index is 933.